The molecule has 8 heteroatoms. The second-order valence-electron chi connectivity index (χ2n) is 15.7. The van der Waals surface area contributed by atoms with Crippen molar-refractivity contribution in [2.24, 2.45) is 0 Å². The molecule has 4 heterocycles. The molecule has 12 rings (SSSR count). The van der Waals surface area contributed by atoms with Crippen LogP contribution in [0, 0.1) is 0 Å². The highest BCUT2D eigenvalue weighted by molar-refractivity contribution is 6.12. The molecule has 0 amide bonds. The van der Waals surface area contributed by atoms with Crippen molar-refractivity contribution in [3.05, 3.63) is 212 Å². The SMILES string of the molecule is c1ccc(-c2nc(-c3ccc(-c4nc(-c5ccccc5)nc5ccccc45)cc3)cc(-c3nc(-c4ccccc4)nc(-c4ccc(-c5cccc6oc7ccccc7c56)cc4)n3)n2)cc1. The van der Waals surface area contributed by atoms with E-state index in [9.17, 15) is 0 Å². The smallest absolute Gasteiger partial charge is 0.182 e. The molecule has 0 spiro atoms. The van der Waals surface area contributed by atoms with Crippen LogP contribution in [0.15, 0.2) is 217 Å². The van der Waals surface area contributed by atoms with E-state index in [-0.39, 0.29) is 0 Å². The molecule has 0 unspecified atom stereocenters. The Kier molecular flexibility index (Phi) is 9.31. The second-order valence-corrected chi connectivity index (χ2v) is 15.7. The Balaban J connectivity index is 0.965. The molecule has 0 saturated heterocycles. The lowest BCUT2D eigenvalue weighted by Gasteiger charge is -2.12. The highest BCUT2D eigenvalue weighted by atomic mass is 16.3. The van der Waals surface area contributed by atoms with Gasteiger partial charge in [0.2, 0.25) is 0 Å². The zero-order valence-electron chi connectivity index (χ0n) is 34.7. The minimum absolute atomic E-state index is 0.436. The number of benzene rings is 8. The Morgan fingerprint density at radius 2 is 0.754 bits per heavy atom. The van der Waals surface area contributed by atoms with Crippen molar-refractivity contribution in [1.29, 1.82) is 0 Å². The Morgan fingerprint density at radius 1 is 0.277 bits per heavy atom. The van der Waals surface area contributed by atoms with Crippen LogP contribution in [0.1, 0.15) is 0 Å². The fraction of sp³-hybridized carbons (Fsp3) is 0. The van der Waals surface area contributed by atoms with Gasteiger partial charge >= 0.3 is 0 Å². The molecule has 0 radical (unpaired) electrons. The van der Waals surface area contributed by atoms with Crippen molar-refractivity contribution in [3.8, 4) is 90.7 Å². The fourth-order valence-corrected chi connectivity index (χ4v) is 8.39. The molecule has 4 aromatic heterocycles. The van der Waals surface area contributed by atoms with E-state index in [1.807, 2.05) is 146 Å². The summed E-state index contributed by atoms with van der Waals surface area (Å²) in [6, 6.07) is 71.2. The van der Waals surface area contributed by atoms with E-state index < -0.39 is 0 Å². The molecule has 12 aromatic rings. The Bertz CT molecular complexity index is 3690. The van der Waals surface area contributed by atoms with Crippen molar-refractivity contribution in [2.75, 3.05) is 0 Å². The monoisotopic (exact) mass is 833 g/mol. The van der Waals surface area contributed by atoms with E-state index in [4.69, 9.17) is 39.3 Å². The number of para-hydroxylation sites is 2. The van der Waals surface area contributed by atoms with Crippen LogP contribution in [0.25, 0.3) is 124 Å². The molecule has 65 heavy (non-hydrogen) atoms. The van der Waals surface area contributed by atoms with Crippen LogP contribution < -0.4 is 0 Å². The lowest BCUT2D eigenvalue weighted by atomic mass is 9.98. The highest BCUT2D eigenvalue weighted by Gasteiger charge is 2.19. The maximum absolute atomic E-state index is 6.20. The molecule has 8 aromatic carbocycles. The fourth-order valence-electron chi connectivity index (χ4n) is 8.39. The Labute approximate surface area is 373 Å². The maximum atomic E-state index is 6.20. The van der Waals surface area contributed by atoms with E-state index in [1.165, 1.54) is 0 Å². The largest absolute Gasteiger partial charge is 0.456 e. The van der Waals surface area contributed by atoms with Crippen molar-refractivity contribution >= 4 is 32.8 Å². The standard InChI is InChI=1S/C57H35N7O/c1-4-15-39(16-5-1)53-59-47(37-29-31-38(32-30-37)52-44-21-10-12-24-46(44)58-54(61-52)40-17-6-2-7-18-40)35-48(60-53)57-63-55(41-19-8-3-9-20-41)62-56(64-57)42-33-27-36(28-34-42)43-23-14-26-50-51(43)45-22-11-13-25-49(45)65-50/h1-35H. The molecule has 0 saturated carbocycles. The van der Waals surface area contributed by atoms with Crippen LogP contribution in [0.4, 0.5) is 0 Å². The van der Waals surface area contributed by atoms with Crippen LogP contribution in [0.3, 0.4) is 0 Å². The maximum Gasteiger partial charge on any atom is 0.182 e. The summed E-state index contributed by atoms with van der Waals surface area (Å²) in [5.74, 6) is 2.75. The molecule has 0 aliphatic heterocycles. The molecule has 0 N–H and O–H groups in total. The van der Waals surface area contributed by atoms with Gasteiger partial charge in [-0.1, -0.05) is 188 Å². The molecule has 0 atom stereocenters. The normalized spacial score (nSPS) is 11.4. The van der Waals surface area contributed by atoms with Crippen LogP contribution in [-0.2, 0) is 0 Å². The number of rotatable bonds is 8. The average molecular weight is 834 g/mol. The molecule has 304 valence electrons. The van der Waals surface area contributed by atoms with Crippen molar-refractivity contribution in [3.63, 3.8) is 0 Å². The summed E-state index contributed by atoms with van der Waals surface area (Å²) in [7, 11) is 0. The lowest BCUT2D eigenvalue weighted by molar-refractivity contribution is 0.669. The summed E-state index contributed by atoms with van der Waals surface area (Å²) in [5, 5.41) is 3.16. The predicted octanol–water partition coefficient (Wildman–Crippen LogP) is 13.8. The van der Waals surface area contributed by atoms with E-state index >= 15 is 0 Å². The number of hydrogen-bond acceptors (Lipinski definition) is 8. The average Bonchev–Trinajstić information content (AvgIpc) is 3.78. The molecule has 8 nitrogen and oxygen atoms in total. The second kappa shape index (κ2) is 16.0. The van der Waals surface area contributed by atoms with Gasteiger partial charge in [0.15, 0.2) is 29.1 Å². The first-order valence-electron chi connectivity index (χ1n) is 21.4. The van der Waals surface area contributed by atoms with Crippen molar-refractivity contribution in [2.45, 2.75) is 0 Å². The summed E-state index contributed by atoms with van der Waals surface area (Å²) < 4.78 is 6.20. The van der Waals surface area contributed by atoms with Gasteiger partial charge in [0.05, 0.1) is 16.9 Å². The third kappa shape index (κ3) is 7.15. The summed E-state index contributed by atoms with van der Waals surface area (Å²) in [5.41, 5.74) is 12.4. The summed E-state index contributed by atoms with van der Waals surface area (Å²) in [6.45, 7) is 0. The zero-order valence-corrected chi connectivity index (χ0v) is 34.7. The van der Waals surface area contributed by atoms with Crippen LogP contribution in [0.5, 0.6) is 0 Å². The van der Waals surface area contributed by atoms with Gasteiger partial charge in [0, 0.05) is 49.5 Å². The minimum Gasteiger partial charge on any atom is -0.456 e. The molecule has 0 bridgehead atoms. The first kappa shape index (κ1) is 37.7. The number of nitrogens with zero attached hydrogens (tertiary/aromatic N) is 7. The van der Waals surface area contributed by atoms with E-state index in [0.717, 1.165) is 88.7 Å². The molecular formula is C57H35N7O. The van der Waals surface area contributed by atoms with Gasteiger partial charge in [-0.25, -0.2) is 34.9 Å². The van der Waals surface area contributed by atoms with Gasteiger partial charge in [-0.15, -0.1) is 0 Å². The van der Waals surface area contributed by atoms with Gasteiger partial charge in [-0.3, -0.25) is 0 Å². The number of furan rings is 1. The van der Waals surface area contributed by atoms with Gasteiger partial charge in [-0.2, -0.15) is 0 Å². The minimum atomic E-state index is 0.436. The topological polar surface area (TPSA) is 103 Å². The molecule has 0 aliphatic rings. The molecule has 0 fully saturated rings. The highest BCUT2D eigenvalue weighted by Crippen LogP contribution is 2.38. The quantitative estimate of drug-likeness (QED) is 0.149. The lowest BCUT2D eigenvalue weighted by Crippen LogP contribution is -2.03. The van der Waals surface area contributed by atoms with Gasteiger partial charge < -0.3 is 4.42 Å². The first-order valence-corrected chi connectivity index (χ1v) is 21.4. The van der Waals surface area contributed by atoms with Crippen molar-refractivity contribution in [1.82, 2.24) is 34.9 Å². The van der Waals surface area contributed by atoms with Gasteiger partial charge in [0.25, 0.3) is 0 Å². The van der Waals surface area contributed by atoms with E-state index in [0.29, 0.717) is 34.8 Å². The summed E-state index contributed by atoms with van der Waals surface area (Å²) in [6.07, 6.45) is 0. The number of aromatic nitrogens is 7. The number of hydrogen-bond donors (Lipinski definition) is 0. The van der Waals surface area contributed by atoms with Crippen LogP contribution >= 0.6 is 0 Å². The predicted molar refractivity (Wildman–Crippen MR) is 259 cm³/mol. The van der Waals surface area contributed by atoms with Crippen LogP contribution in [0.2, 0.25) is 0 Å². The van der Waals surface area contributed by atoms with Gasteiger partial charge in [0.1, 0.15) is 16.9 Å². The first-order chi connectivity index (χ1) is 32.2. The number of fused-ring (bicyclic) bond motifs is 4. The van der Waals surface area contributed by atoms with E-state index in [1.54, 1.807) is 0 Å². The van der Waals surface area contributed by atoms with Crippen molar-refractivity contribution < 1.29 is 4.42 Å². The summed E-state index contributed by atoms with van der Waals surface area (Å²) in [4.78, 5) is 35.5. The summed E-state index contributed by atoms with van der Waals surface area (Å²) >= 11 is 0. The zero-order chi connectivity index (χ0) is 43.1. The molecular weight excluding hydrogens is 799 g/mol. The molecule has 0 aliphatic carbocycles. The Hall–Kier alpha value is -9.01. The third-order valence-electron chi connectivity index (χ3n) is 11.6. The third-order valence-corrected chi connectivity index (χ3v) is 11.6. The van der Waals surface area contributed by atoms with E-state index in [2.05, 4.69) is 66.7 Å². The van der Waals surface area contributed by atoms with Gasteiger partial charge in [-0.05, 0) is 35.4 Å². The van der Waals surface area contributed by atoms with Crippen LogP contribution in [-0.4, -0.2) is 34.9 Å². The Morgan fingerprint density at radius 3 is 1.43 bits per heavy atom.